The fourth-order valence-corrected chi connectivity index (χ4v) is 4.10. The van der Waals surface area contributed by atoms with Crippen LogP contribution in [0.3, 0.4) is 0 Å². The SMILES string of the molecule is CCc1ccc(N2C(=O)[C@H]3[C@@H](c4ccco4)N(c4ccccc4)O[C@H]3C2=O)cc1. The largest absolute Gasteiger partial charge is 0.467 e. The summed E-state index contributed by atoms with van der Waals surface area (Å²) in [5.74, 6) is -0.714. The molecule has 2 aromatic carbocycles. The quantitative estimate of drug-likeness (QED) is 0.635. The van der Waals surface area contributed by atoms with Crippen molar-refractivity contribution in [3.8, 4) is 0 Å². The van der Waals surface area contributed by atoms with E-state index in [2.05, 4.69) is 6.92 Å². The first-order valence-corrected chi connectivity index (χ1v) is 9.70. The topological polar surface area (TPSA) is 63.0 Å². The van der Waals surface area contributed by atoms with E-state index in [-0.39, 0.29) is 11.8 Å². The lowest BCUT2D eigenvalue weighted by atomic mass is 9.94. The molecule has 0 bridgehead atoms. The van der Waals surface area contributed by atoms with Gasteiger partial charge in [0.25, 0.3) is 5.91 Å². The van der Waals surface area contributed by atoms with Gasteiger partial charge in [0.2, 0.25) is 5.91 Å². The van der Waals surface area contributed by atoms with Crippen LogP contribution in [0, 0.1) is 5.92 Å². The van der Waals surface area contributed by atoms with Gasteiger partial charge in [0.1, 0.15) is 17.7 Å². The van der Waals surface area contributed by atoms with Crippen LogP contribution in [0.4, 0.5) is 11.4 Å². The zero-order valence-electron chi connectivity index (χ0n) is 15.9. The maximum atomic E-state index is 13.4. The minimum Gasteiger partial charge on any atom is -0.467 e. The van der Waals surface area contributed by atoms with Gasteiger partial charge in [-0.1, -0.05) is 37.3 Å². The normalized spacial score (nSPS) is 23.7. The molecule has 3 atom stereocenters. The Morgan fingerprint density at radius 1 is 0.862 bits per heavy atom. The molecule has 2 aliphatic heterocycles. The fraction of sp³-hybridized carbons (Fsp3) is 0.217. The predicted molar refractivity (Wildman–Crippen MR) is 107 cm³/mol. The molecule has 0 N–H and O–H groups in total. The molecule has 146 valence electrons. The molecule has 2 amide bonds. The molecule has 0 saturated carbocycles. The summed E-state index contributed by atoms with van der Waals surface area (Å²) in [5, 5.41) is 1.63. The number of nitrogens with zero attached hydrogens (tertiary/aromatic N) is 2. The Kier molecular flexibility index (Phi) is 4.21. The number of carbonyl (C=O) groups excluding carboxylic acids is 2. The van der Waals surface area contributed by atoms with Gasteiger partial charge in [0.15, 0.2) is 6.10 Å². The number of aryl methyl sites for hydroxylation is 1. The molecular weight excluding hydrogens is 368 g/mol. The molecule has 2 fully saturated rings. The van der Waals surface area contributed by atoms with E-state index in [1.807, 2.05) is 60.7 Å². The zero-order valence-corrected chi connectivity index (χ0v) is 15.9. The van der Waals surface area contributed by atoms with E-state index in [1.54, 1.807) is 17.4 Å². The number of hydrogen-bond donors (Lipinski definition) is 0. The lowest BCUT2D eigenvalue weighted by molar-refractivity contribution is -0.126. The van der Waals surface area contributed by atoms with Gasteiger partial charge in [-0.05, 0) is 48.4 Å². The van der Waals surface area contributed by atoms with E-state index in [1.165, 1.54) is 4.90 Å². The van der Waals surface area contributed by atoms with Crippen molar-refractivity contribution in [3.63, 3.8) is 0 Å². The number of carbonyl (C=O) groups is 2. The third-order valence-corrected chi connectivity index (χ3v) is 5.56. The maximum Gasteiger partial charge on any atom is 0.266 e. The number of rotatable bonds is 4. The van der Waals surface area contributed by atoms with E-state index in [0.29, 0.717) is 11.4 Å². The van der Waals surface area contributed by atoms with Crippen molar-refractivity contribution in [2.45, 2.75) is 25.5 Å². The lowest BCUT2D eigenvalue weighted by Crippen LogP contribution is -2.37. The molecule has 29 heavy (non-hydrogen) atoms. The van der Waals surface area contributed by atoms with Crippen molar-refractivity contribution in [2.75, 3.05) is 9.96 Å². The summed E-state index contributed by atoms with van der Waals surface area (Å²) in [6, 6.07) is 20.0. The monoisotopic (exact) mass is 388 g/mol. The number of hydrogen-bond acceptors (Lipinski definition) is 5. The number of para-hydroxylation sites is 1. The van der Waals surface area contributed by atoms with Gasteiger partial charge < -0.3 is 4.42 Å². The maximum absolute atomic E-state index is 13.4. The van der Waals surface area contributed by atoms with E-state index in [0.717, 1.165) is 17.7 Å². The average molecular weight is 388 g/mol. The van der Waals surface area contributed by atoms with Gasteiger partial charge in [-0.3, -0.25) is 14.4 Å². The molecule has 2 saturated heterocycles. The van der Waals surface area contributed by atoms with Crippen LogP contribution in [0.25, 0.3) is 0 Å². The van der Waals surface area contributed by atoms with Crippen molar-refractivity contribution in [1.82, 2.24) is 0 Å². The Labute approximate surface area is 168 Å². The van der Waals surface area contributed by atoms with Crippen LogP contribution in [0.15, 0.2) is 77.4 Å². The highest BCUT2D eigenvalue weighted by Gasteiger charge is 2.61. The molecule has 6 heteroatoms. The van der Waals surface area contributed by atoms with Crippen LogP contribution in [0.2, 0.25) is 0 Å². The first-order valence-electron chi connectivity index (χ1n) is 9.70. The number of hydroxylamine groups is 1. The lowest BCUT2D eigenvalue weighted by Gasteiger charge is -2.27. The molecule has 5 rings (SSSR count). The Balaban J connectivity index is 1.54. The summed E-state index contributed by atoms with van der Waals surface area (Å²) >= 11 is 0. The number of fused-ring (bicyclic) bond motifs is 1. The van der Waals surface area contributed by atoms with Crippen LogP contribution in [0.5, 0.6) is 0 Å². The van der Waals surface area contributed by atoms with Crippen molar-refractivity contribution in [3.05, 3.63) is 84.3 Å². The predicted octanol–water partition coefficient (Wildman–Crippen LogP) is 3.89. The molecule has 0 unspecified atom stereocenters. The standard InChI is InChI=1S/C23H20N2O4/c1-2-15-10-12-16(13-11-15)24-22(26)19-20(18-9-6-14-28-18)25(29-21(19)23(24)27)17-7-4-3-5-8-17/h3-14,19-21H,2H2,1H3/t19-,20+,21+/m0/s1. The second-order valence-corrected chi connectivity index (χ2v) is 7.21. The number of furan rings is 1. The summed E-state index contributed by atoms with van der Waals surface area (Å²) in [7, 11) is 0. The first-order chi connectivity index (χ1) is 14.2. The number of amides is 2. The van der Waals surface area contributed by atoms with Crippen LogP contribution in [-0.2, 0) is 20.8 Å². The first kappa shape index (κ1) is 17.7. The van der Waals surface area contributed by atoms with Crippen LogP contribution >= 0.6 is 0 Å². The molecule has 2 aliphatic rings. The number of imide groups is 1. The summed E-state index contributed by atoms with van der Waals surface area (Å²) in [6.45, 7) is 2.06. The summed E-state index contributed by atoms with van der Waals surface area (Å²) in [4.78, 5) is 33.9. The van der Waals surface area contributed by atoms with E-state index >= 15 is 0 Å². The Morgan fingerprint density at radius 3 is 2.28 bits per heavy atom. The van der Waals surface area contributed by atoms with Gasteiger partial charge in [-0.15, -0.1) is 0 Å². The molecule has 0 aliphatic carbocycles. The van der Waals surface area contributed by atoms with Crippen molar-refractivity contribution in [2.24, 2.45) is 5.92 Å². The third-order valence-electron chi connectivity index (χ3n) is 5.56. The number of anilines is 2. The van der Waals surface area contributed by atoms with Crippen molar-refractivity contribution < 1.29 is 18.8 Å². The molecule has 3 heterocycles. The molecule has 0 spiro atoms. The van der Waals surface area contributed by atoms with E-state index < -0.39 is 18.1 Å². The van der Waals surface area contributed by atoms with Crippen LogP contribution in [-0.4, -0.2) is 17.9 Å². The molecule has 6 nitrogen and oxygen atoms in total. The zero-order chi connectivity index (χ0) is 20.0. The third kappa shape index (κ3) is 2.76. The Bertz CT molecular complexity index is 1030. The summed E-state index contributed by atoms with van der Waals surface area (Å²) in [5.41, 5.74) is 2.48. The Morgan fingerprint density at radius 2 is 1.62 bits per heavy atom. The van der Waals surface area contributed by atoms with Gasteiger partial charge in [0.05, 0.1) is 17.6 Å². The van der Waals surface area contributed by atoms with Crippen molar-refractivity contribution >= 4 is 23.2 Å². The van der Waals surface area contributed by atoms with Gasteiger partial charge >= 0.3 is 0 Å². The fourth-order valence-electron chi connectivity index (χ4n) is 4.10. The van der Waals surface area contributed by atoms with Crippen molar-refractivity contribution in [1.29, 1.82) is 0 Å². The van der Waals surface area contributed by atoms with E-state index in [4.69, 9.17) is 9.25 Å². The highest BCUT2D eigenvalue weighted by Crippen LogP contribution is 2.47. The summed E-state index contributed by atoms with van der Waals surface area (Å²) < 4.78 is 5.63. The van der Waals surface area contributed by atoms with Gasteiger partial charge in [-0.25, -0.2) is 9.96 Å². The summed E-state index contributed by atoms with van der Waals surface area (Å²) in [6.07, 6.45) is 1.57. The Hall–Kier alpha value is -3.38. The van der Waals surface area contributed by atoms with E-state index in [9.17, 15) is 9.59 Å². The smallest absolute Gasteiger partial charge is 0.266 e. The molecular formula is C23H20N2O4. The highest BCUT2D eigenvalue weighted by atomic mass is 16.7. The highest BCUT2D eigenvalue weighted by molar-refractivity contribution is 6.23. The molecule has 0 radical (unpaired) electrons. The minimum atomic E-state index is -0.886. The van der Waals surface area contributed by atoms with Crippen LogP contribution < -0.4 is 9.96 Å². The second kappa shape index (κ2) is 6.90. The van der Waals surface area contributed by atoms with Gasteiger partial charge in [0, 0.05) is 0 Å². The van der Waals surface area contributed by atoms with Gasteiger partial charge in [-0.2, -0.15) is 0 Å². The van der Waals surface area contributed by atoms with Crippen LogP contribution in [0.1, 0.15) is 24.3 Å². The average Bonchev–Trinajstić information content (AvgIpc) is 3.47. The number of benzene rings is 2. The molecule has 1 aromatic heterocycles. The molecule has 3 aromatic rings. The minimum absolute atomic E-state index is 0.274. The second-order valence-electron chi connectivity index (χ2n) is 7.21.